The lowest BCUT2D eigenvalue weighted by Gasteiger charge is -2.17. The van der Waals surface area contributed by atoms with Crippen molar-refractivity contribution < 1.29 is 13.2 Å². The fraction of sp³-hybridized carbons (Fsp3) is 0.333. The highest BCUT2D eigenvalue weighted by Crippen LogP contribution is 2.29. The van der Waals surface area contributed by atoms with Gasteiger partial charge in [-0.25, -0.2) is 13.1 Å². The first-order chi connectivity index (χ1) is 10.8. The Labute approximate surface area is 138 Å². The molecule has 0 radical (unpaired) electrons. The summed E-state index contributed by atoms with van der Waals surface area (Å²) >= 11 is 0. The standard InChI is InChI=1S/C18H23NO3S/c1-13(2)16-10-11-17(22-4)18(12-16)23(20,21)19-14(3)15-8-6-5-7-9-15/h5-14,19H,1-4H3/t14-/m1/s1. The fourth-order valence-corrected chi connectivity index (χ4v) is 3.80. The predicted molar refractivity (Wildman–Crippen MR) is 92.3 cm³/mol. The maximum absolute atomic E-state index is 12.8. The summed E-state index contributed by atoms with van der Waals surface area (Å²) in [6.07, 6.45) is 0. The van der Waals surface area contributed by atoms with Gasteiger partial charge in [0.15, 0.2) is 0 Å². The van der Waals surface area contributed by atoms with Gasteiger partial charge in [-0.05, 0) is 36.1 Å². The van der Waals surface area contributed by atoms with Gasteiger partial charge in [-0.15, -0.1) is 0 Å². The molecule has 0 aromatic heterocycles. The number of ether oxygens (including phenoxy) is 1. The molecule has 2 aromatic carbocycles. The van der Waals surface area contributed by atoms with Crippen molar-refractivity contribution in [3.05, 3.63) is 59.7 Å². The number of benzene rings is 2. The van der Waals surface area contributed by atoms with Crippen LogP contribution in [0.3, 0.4) is 0 Å². The molecule has 0 fully saturated rings. The van der Waals surface area contributed by atoms with Crippen LogP contribution in [0.2, 0.25) is 0 Å². The fourth-order valence-electron chi connectivity index (χ4n) is 2.37. The molecule has 0 saturated heterocycles. The SMILES string of the molecule is COc1ccc(C(C)C)cc1S(=O)(=O)N[C@H](C)c1ccccc1. The van der Waals surface area contributed by atoms with Crippen LogP contribution in [0.25, 0.3) is 0 Å². The van der Waals surface area contributed by atoms with E-state index in [0.29, 0.717) is 5.75 Å². The Hall–Kier alpha value is -1.85. The minimum absolute atomic E-state index is 0.175. The Kier molecular flexibility index (Phi) is 5.44. The molecule has 1 N–H and O–H groups in total. The maximum Gasteiger partial charge on any atom is 0.244 e. The molecule has 0 unspecified atom stereocenters. The number of methoxy groups -OCH3 is 1. The number of nitrogens with one attached hydrogen (secondary N) is 1. The van der Waals surface area contributed by atoms with Crippen LogP contribution in [-0.2, 0) is 10.0 Å². The second-order valence-electron chi connectivity index (χ2n) is 5.82. The van der Waals surface area contributed by atoms with Gasteiger partial charge in [0.25, 0.3) is 0 Å². The van der Waals surface area contributed by atoms with Crippen LogP contribution >= 0.6 is 0 Å². The maximum atomic E-state index is 12.8. The largest absolute Gasteiger partial charge is 0.495 e. The zero-order valence-electron chi connectivity index (χ0n) is 13.9. The summed E-state index contributed by atoms with van der Waals surface area (Å²) in [5.41, 5.74) is 1.87. The molecule has 124 valence electrons. The first kappa shape index (κ1) is 17.5. The second-order valence-corrected chi connectivity index (χ2v) is 7.50. The van der Waals surface area contributed by atoms with Crippen LogP contribution < -0.4 is 9.46 Å². The summed E-state index contributed by atoms with van der Waals surface area (Å²) in [4.78, 5) is 0.175. The zero-order chi connectivity index (χ0) is 17.0. The molecule has 0 saturated carbocycles. The van der Waals surface area contributed by atoms with E-state index in [0.717, 1.165) is 11.1 Å². The lowest BCUT2D eigenvalue weighted by molar-refractivity contribution is 0.401. The third-order valence-corrected chi connectivity index (χ3v) is 5.34. The van der Waals surface area contributed by atoms with E-state index in [4.69, 9.17) is 4.74 Å². The van der Waals surface area contributed by atoms with Crippen LogP contribution in [0.5, 0.6) is 5.75 Å². The summed E-state index contributed by atoms with van der Waals surface area (Å²) in [6, 6.07) is 14.4. The monoisotopic (exact) mass is 333 g/mol. The molecule has 0 aliphatic heterocycles. The van der Waals surface area contributed by atoms with E-state index in [1.165, 1.54) is 7.11 Å². The van der Waals surface area contributed by atoms with Gasteiger partial charge in [0.05, 0.1) is 7.11 Å². The first-order valence-electron chi connectivity index (χ1n) is 7.60. The topological polar surface area (TPSA) is 55.4 Å². The molecule has 0 heterocycles. The van der Waals surface area contributed by atoms with Gasteiger partial charge in [-0.1, -0.05) is 50.2 Å². The second kappa shape index (κ2) is 7.15. The highest BCUT2D eigenvalue weighted by atomic mass is 32.2. The average molecular weight is 333 g/mol. The molecule has 0 bridgehead atoms. The molecular formula is C18H23NO3S. The normalized spacial score (nSPS) is 13.1. The zero-order valence-corrected chi connectivity index (χ0v) is 14.7. The first-order valence-corrected chi connectivity index (χ1v) is 9.08. The number of sulfonamides is 1. The highest BCUT2D eigenvalue weighted by Gasteiger charge is 2.23. The number of hydrogen-bond donors (Lipinski definition) is 1. The quantitative estimate of drug-likeness (QED) is 0.873. The minimum Gasteiger partial charge on any atom is -0.495 e. The molecule has 0 spiro atoms. The van der Waals surface area contributed by atoms with Crippen molar-refractivity contribution in [2.24, 2.45) is 0 Å². The molecule has 1 atom stereocenters. The van der Waals surface area contributed by atoms with Gasteiger partial charge in [0, 0.05) is 6.04 Å². The van der Waals surface area contributed by atoms with Crippen molar-refractivity contribution >= 4 is 10.0 Å². The molecule has 2 rings (SSSR count). The molecule has 23 heavy (non-hydrogen) atoms. The van der Waals surface area contributed by atoms with E-state index in [1.54, 1.807) is 12.1 Å². The number of hydrogen-bond acceptors (Lipinski definition) is 3. The van der Waals surface area contributed by atoms with Gasteiger partial charge in [-0.2, -0.15) is 0 Å². The van der Waals surface area contributed by atoms with Gasteiger partial charge in [-0.3, -0.25) is 0 Å². The van der Waals surface area contributed by atoms with Crippen LogP contribution in [0, 0.1) is 0 Å². The lowest BCUT2D eigenvalue weighted by Crippen LogP contribution is -2.27. The van der Waals surface area contributed by atoms with Crippen molar-refractivity contribution in [3.63, 3.8) is 0 Å². The summed E-state index contributed by atoms with van der Waals surface area (Å²) in [5, 5.41) is 0. The molecule has 0 aliphatic rings. The van der Waals surface area contributed by atoms with E-state index < -0.39 is 10.0 Å². The smallest absolute Gasteiger partial charge is 0.244 e. The molecule has 4 nitrogen and oxygen atoms in total. The Morgan fingerprint density at radius 2 is 1.61 bits per heavy atom. The van der Waals surface area contributed by atoms with Crippen LogP contribution in [0.1, 0.15) is 43.9 Å². The molecule has 2 aromatic rings. The van der Waals surface area contributed by atoms with Crippen molar-refractivity contribution in [2.75, 3.05) is 7.11 Å². The van der Waals surface area contributed by atoms with E-state index in [-0.39, 0.29) is 16.9 Å². The van der Waals surface area contributed by atoms with E-state index in [9.17, 15) is 8.42 Å². The van der Waals surface area contributed by atoms with Crippen molar-refractivity contribution in [2.45, 2.75) is 37.6 Å². The van der Waals surface area contributed by atoms with Crippen molar-refractivity contribution in [1.29, 1.82) is 0 Å². The van der Waals surface area contributed by atoms with Gasteiger partial charge >= 0.3 is 0 Å². The highest BCUT2D eigenvalue weighted by molar-refractivity contribution is 7.89. The summed E-state index contributed by atoms with van der Waals surface area (Å²) in [5.74, 6) is 0.587. The summed E-state index contributed by atoms with van der Waals surface area (Å²) in [6.45, 7) is 5.88. The van der Waals surface area contributed by atoms with Crippen LogP contribution in [0.4, 0.5) is 0 Å². The Bertz CT molecular complexity index is 755. The van der Waals surface area contributed by atoms with E-state index >= 15 is 0 Å². The summed E-state index contributed by atoms with van der Waals surface area (Å²) in [7, 11) is -2.21. The third-order valence-electron chi connectivity index (χ3n) is 3.78. The Morgan fingerprint density at radius 1 is 0.957 bits per heavy atom. The summed E-state index contributed by atoms with van der Waals surface area (Å²) < 4.78 is 33.5. The average Bonchev–Trinajstić information content (AvgIpc) is 2.54. The molecule has 5 heteroatoms. The van der Waals surface area contributed by atoms with E-state index in [1.807, 2.05) is 57.2 Å². The minimum atomic E-state index is -3.68. The molecule has 0 aliphatic carbocycles. The van der Waals surface area contributed by atoms with Crippen molar-refractivity contribution in [1.82, 2.24) is 4.72 Å². The number of rotatable bonds is 6. The third kappa shape index (κ3) is 4.12. The predicted octanol–water partition coefficient (Wildman–Crippen LogP) is 3.86. The van der Waals surface area contributed by atoms with Gasteiger partial charge < -0.3 is 4.74 Å². The van der Waals surface area contributed by atoms with E-state index in [2.05, 4.69) is 4.72 Å². The lowest BCUT2D eigenvalue weighted by atomic mass is 10.0. The molecular weight excluding hydrogens is 310 g/mol. The van der Waals surface area contributed by atoms with Crippen molar-refractivity contribution in [3.8, 4) is 5.75 Å². The Morgan fingerprint density at radius 3 is 2.17 bits per heavy atom. The van der Waals surface area contributed by atoms with Gasteiger partial charge in [0.1, 0.15) is 10.6 Å². The van der Waals surface area contributed by atoms with Crippen LogP contribution in [0.15, 0.2) is 53.4 Å². The Balaban J connectivity index is 2.37. The van der Waals surface area contributed by atoms with Gasteiger partial charge in [0.2, 0.25) is 10.0 Å². The van der Waals surface area contributed by atoms with Crippen LogP contribution in [-0.4, -0.2) is 15.5 Å². The molecule has 0 amide bonds.